The minimum Gasteiger partial charge on any atom is -0.310 e. The van der Waals surface area contributed by atoms with Gasteiger partial charge in [0.15, 0.2) is 0 Å². The van der Waals surface area contributed by atoms with Crippen LogP contribution in [0.2, 0.25) is 0 Å². The second-order valence-electron chi connectivity index (χ2n) is 5.66. The van der Waals surface area contributed by atoms with Gasteiger partial charge in [-0.3, -0.25) is 0 Å². The summed E-state index contributed by atoms with van der Waals surface area (Å²) in [5.41, 5.74) is 2.20. The molecule has 0 saturated heterocycles. The number of hydrogen-bond acceptors (Lipinski definition) is 1. The van der Waals surface area contributed by atoms with Gasteiger partial charge in [-0.1, -0.05) is 36.8 Å². The molecule has 0 bridgehead atoms. The minimum absolute atomic E-state index is 0.774. The van der Waals surface area contributed by atoms with Gasteiger partial charge in [0, 0.05) is 12.6 Å². The van der Waals surface area contributed by atoms with Crippen molar-refractivity contribution in [2.24, 2.45) is 5.41 Å². The van der Waals surface area contributed by atoms with Crippen LogP contribution in [0.4, 0.5) is 0 Å². The van der Waals surface area contributed by atoms with Crippen LogP contribution in [-0.4, -0.2) is 6.04 Å². The van der Waals surface area contributed by atoms with Crippen molar-refractivity contribution in [1.82, 2.24) is 5.32 Å². The lowest BCUT2D eigenvalue weighted by atomic mass is 9.83. The fraction of sp³-hybridized carbons (Fsp3) is 0.600. The smallest absolute Gasteiger partial charge is 0.0208 e. The molecule has 1 unspecified atom stereocenters. The minimum atomic E-state index is 0.774. The Morgan fingerprint density at radius 3 is 2.69 bits per heavy atom. The Morgan fingerprint density at radius 2 is 1.94 bits per heavy atom. The van der Waals surface area contributed by atoms with Gasteiger partial charge in [0.1, 0.15) is 0 Å². The van der Waals surface area contributed by atoms with Crippen LogP contribution in [0.15, 0.2) is 30.3 Å². The molecule has 0 amide bonds. The van der Waals surface area contributed by atoms with Gasteiger partial charge in [0.25, 0.3) is 0 Å². The van der Waals surface area contributed by atoms with E-state index in [0.29, 0.717) is 0 Å². The first-order valence-corrected chi connectivity index (χ1v) is 6.64. The molecule has 1 spiro atoms. The molecule has 86 valence electrons. The summed E-state index contributed by atoms with van der Waals surface area (Å²) in [5, 5.41) is 3.73. The van der Waals surface area contributed by atoms with Crippen LogP contribution in [0.1, 0.15) is 44.1 Å². The molecule has 1 heteroatoms. The standard InChI is InChI=1S/C15H21N/c1-2-5-13(6-3-1)12-16-14-7-4-8-15(11-14)9-10-15/h1-3,5-6,14,16H,4,7-12H2. The fourth-order valence-corrected chi connectivity index (χ4v) is 3.11. The van der Waals surface area contributed by atoms with Crippen molar-refractivity contribution < 1.29 is 0 Å². The topological polar surface area (TPSA) is 12.0 Å². The summed E-state index contributed by atoms with van der Waals surface area (Å²) in [6, 6.07) is 11.5. The summed E-state index contributed by atoms with van der Waals surface area (Å²) in [4.78, 5) is 0. The fourth-order valence-electron chi connectivity index (χ4n) is 3.11. The molecule has 0 aromatic heterocycles. The van der Waals surface area contributed by atoms with Gasteiger partial charge in [0.2, 0.25) is 0 Å². The van der Waals surface area contributed by atoms with E-state index in [9.17, 15) is 0 Å². The maximum Gasteiger partial charge on any atom is 0.0208 e. The van der Waals surface area contributed by atoms with Crippen LogP contribution in [0.25, 0.3) is 0 Å². The zero-order valence-corrected chi connectivity index (χ0v) is 9.91. The third kappa shape index (κ3) is 2.30. The highest BCUT2D eigenvalue weighted by molar-refractivity contribution is 5.14. The third-order valence-electron chi connectivity index (χ3n) is 4.33. The van der Waals surface area contributed by atoms with Crippen LogP contribution < -0.4 is 5.32 Å². The third-order valence-corrected chi connectivity index (χ3v) is 4.33. The molecule has 0 radical (unpaired) electrons. The van der Waals surface area contributed by atoms with Crippen molar-refractivity contribution in [2.45, 2.75) is 51.1 Å². The summed E-state index contributed by atoms with van der Waals surface area (Å²) in [5.74, 6) is 0. The highest BCUT2D eigenvalue weighted by Crippen LogP contribution is 2.56. The molecule has 0 aliphatic heterocycles. The zero-order chi connectivity index (χ0) is 10.8. The lowest BCUT2D eigenvalue weighted by molar-refractivity contribution is 0.266. The van der Waals surface area contributed by atoms with Gasteiger partial charge in [-0.15, -0.1) is 0 Å². The van der Waals surface area contributed by atoms with Crippen LogP contribution in [0.3, 0.4) is 0 Å². The van der Waals surface area contributed by atoms with E-state index in [1.165, 1.54) is 44.1 Å². The van der Waals surface area contributed by atoms with Crippen molar-refractivity contribution in [3.63, 3.8) is 0 Å². The number of rotatable bonds is 3. The monoisotopic (exact) mass is 215 g/mol. The summed E-state index contributed by atoms with van der Waals surface area (Å²) >= 11 is 0. The van der Waals surface area contributed by atoms with Gasteiger partial charge >= 0.3 is 0 Å². The van der Waals surface area contributed by atoms with Crippen molar-refractivity contribution in [3.8, 4) is 0 Å². The number of hydrogen-bond donors (Lipinski definition) is 1. The molecule has 1 atom stereocenters. The molecule has 2 aliphatic carbocycles. The van der Waals surface area contributed by atoms with E-state index in [-0.39, 0.29) is 0 Å². The molecule has 3 rings (SSSR count). The molecule has 2 fully saturated rings. The first kappa shape index (κ1) is 10.3. The van der Waals surface area contributed by atoms with E-state index >= 15 is 0 Å². The van der Waals surface area contributed by atoms with Crippen LogP contribution >= 0.6 is 0 Å². The Balaban J connectivity index is 1.51. The molecule has 1 N–H and O–H groups in total. The van der Waals surface area contributed by atoms with Gasteiger partial charge in [-0.25, -0.2) is 0 Å². The summed E-state index contributed by atoms with van der Waals surface area (Å²) in [7, 11) is 0. The van der Waals surface area contributed by atoms with Crippen LogP contribution in [-0.2, 0) is 6.54 Å². The van der Waals surface area contributed by atoms with Crippen molar-refractivity contribution in [1.29, 1.82) is 0 Å². The van der Waals surface area contributed by atoms with Crippen molar-refractivity contribution >= 4 is 0 Å². The number of nitrogens with one attached hydrogen (secondary N) is 1. The SMILES string of the molecule is c1ccc(CNC2CCCC3(CC3)C2)cc1. The second kappa shape index (κ2) is 4.21. The first-order chi connectivity index (χ1) is 7.86. The van der Waals surface area contributed by atoms with E-state index in [1.54, 1.807) is 0 Å². The largest absolute Gasteiger partial charge is 0.310 e. The normalized spacial score (nSPS) is 26.9. The van der Waals surface area contributed by atoms with E-state index < -0.39 is 0 Å². The van der Waals surface area contributed by atoms with Gasteiger partial charge in [0.05, 0.1) is 0 Å². The Kier molecular flexibility index (Phi) is 2.72. The Labute approximate surface area is 98.3 Å². The summed E-state index contributed by atoms with van der Waals surface area (Å²) in [6.45, 7) is 1.04. The van der Waals surface area contributed by atoms with Gasteiger partial charge < -0.3 is 5.32 Å². The average molecular weight is 215 g/mol. The molecular formula is C15H21N. The highest BCUT2D eigenvalue weighted by Gasteiger charge is 2.45. The van der Waals surface area contributed by atoms with Crippen molar-refractivity contribution in [2.75, 3.05) is 0 Å². The maximum absolute atomic E-state index is 3.73. The van der Waals surface area contributed by atoms with E-state index in [1.807, 2.05) is 0 Å². The van der Waals surface area contributed by atoms with Crippen LogP contribution in [0, 0.1) is 5.41 Å². The maximum atomic E-state index is 3.73. The van der Waals surface area contributed by atoms with E-state index in [4.69, 9.17) is 0 Å². The molecule has 1 aromatic rings. The van der Waals surface area contributed by atoms with Gasteiger partial charge in [-0.2, -0.15) is 0 Å². The summed E-state index contributed by atoms with van der Waals surface area (Å²) in [6.07, 6.45) is 8.74. The van der Waals surface area contributed by atoms with Gasteiger partial charge in [-0.05, 0) is 43.1 Å². The Morgan fingerprint density at radius 1 is 1.12 bits per heavy atom. The first-order valence-electron chi connectivity index (χ1n) is 6.64. The quantitative estimate of drug-likeness (QED) is 0.813. The van der Waals surface area contributed by atoms with E-state index in [0.717, 1.165) is 18.0 Å². The predicted octanol–water partition coefficient (Wildman–Crippen LogP) is 3.50. The predicted molar refractivity (Wildman–Crippen MR) is 67.2 cm³/mol. The Hall–Kier alpha value is -0.820. The average Bonchev–Trinajstić information content (AvgIpc) is 3.07. The summed E-state index contributed by atoms with van der Waals surface area (Å²) < 4.78 is 0. The molecule has 16 heavy (non-hydrogen) atoms. The van der Waals surface area contributed by atoms with Crippen LogP contribution in [0.5, 0.6) is 0 Å². The molecule has 0 heterocycles. The highest BCUT2D eigenvalue weighted by atomic mass is 14.9. The number of benzene rings is 1. The zero-order valence-electron chi connectivity index (χ0n) is 9.91. The molecule has 2 aliphatic rings. The second-order valence-corrected chi connectivity index (χ2v) is 5.66. The molecule has 1 aromatic carbocycles. The van der Waals surface area contributed by atoms with E-state index in [2.05, 4.69) is 35.6 Å². The Bertz CT molecular complexity index is 340. The molecule has 2 saturated carbocycles. The lowest BCUT2D eigenvalue weighted by Gasteiger charge is -2.30. The lowest BCUT2D eigenvalue weighted by Crippen LogP contribution is -2.34. The molecular weight excluding hydrogens is 194 g/mol. The molecule has 1 nitrogen and oxygen atoms in total. The van der Waals surface area contributed by atoms with Crippen molar-refractivity contribution in [3.05, 3.63) is 35.9 Å².